The van der Waals surface area contributed by atoms with E-state index in [9.17, 15) is 0 Å². The molecule has 1 heterocycles. The summed E-state index contributed by atoms with van der Waals surface area (Å²) in [6.45, 7) is 4.65. The second kappa shape index (κ2) is 1.56. The van der Waals surface area contributed by atoms with Gasteiger partial charge in [0.15, 0.2) is 0 Å². The normalized spacial score (nSPS) is 71.7. The number of halogens is 1. The predicted octanol–water partition coefficient (Wildman–Crippen LogP) is 2.34. The van der Waals surface area contributed by atoms with Crippen LogP contribution in [0, 0.1) is 11.3 Å². The molecule has 1 nitrogen and oxygen atoms in total. The zero-order valence-corrected chi connectivity index (χ0v) is 8.52. The van der Waals surface area contributed by atoms with Gasteiger partial charge in [0, 0.05) is 4.83 Å². The zero-order valence-electron chi connectivity index (χ0n) is 6.93. The van der Waals surface area contributed by atoms with Crippen LogP contribution in [0.15, 0.2) is 0 Å². The maximum Gasteiger partial charge on any atom is 0.0926 e. The van der Waals surface area contributed by atoms with E-state index in [2.05, 4.69) is 29.8 Å². The van der Waals surface area contributed by atoms with Gasteiger partial charge in [0.2, 0.25) is 0 Å². The van der Waals surface area contributed by atoms with Crippen molar-refractivity contribution in [3.63, 3.8) is 0 Å². The average Bonchev–Trinajstić information content (AvgIpc) is 2.67. The highest BCUT2D eigenvalue weighted by Crippen LogP contribution is 2.71. The summed E-state index contributed by atoms with van der Waals surface area (Å²) in [5.41, 5.74) is 0.843. The van der Waals surface area contributed by atoms with Crippen molar-refractivity contribution < 1.29 is 4.74 Å². The number of ether oxygens (including phenoxy) is 1. The second-order valence-corrected chi connectivity index (χ2v) is 5.83. The molecule has 3 rings (SSSR count). The molecule has 0 N–H and O–H groups in total. The van der Waals surface area contributed by atoms with Crippen LogP contribution in [0.2, 0.25) is 0 Å². The van der Waals surface area contributed by atoms with Crippen molar-refractivity contribution in [2.45, 2.75) is 43.2 Å². The fourth-order valence-corrected chi connectivity index (χ4v) is 4.12. The van der Waals surface area contributed by atoms with Crippen LogP contribution >= 0.6 is 15.9 Å². The Balaban J connectivity index is 1.89. The molecule has 0 aromatic carbocycles. The van der Waals surface area contributed by atoms with E-state index in [0.717, 1.165) is 10.7 Å². The Morgan fingerprint density at radius 1 is 1.45 bits per heavy atom. The van der Waals surface area contributed by atoms with Crippen LogP contribution in [0.3, 0.4) is 0 Å². The summed E-state index contributed by atoms with van der Waals surface area (Å²) in [5, 5.41) is 0. The van der Waals surface area contributed by atoms with Crippen molar-refractivity contribution in [1.82, 2.24) is 0 Å². The SMILES string of the molecule is CC12C[C@]3(C)C(Br)[C@@H]3CC1O2. The lowest BCUT2D eigenvalue weighted by atomic mass is 9.83. The van der Waals surface area contributed by atoms with E-state index in [1.165, 1.54) is 12.8 Å². The van der Waals surface area contributed by atoms with Crippen molar-refractivity contribution >= 4 is 15.9 Å². The second-order valence-electron chi connectivity index (χ2n) is 4.85. The van der Waals surface area contributed by atoms with Crippen molar-refractivity contribution in [1.29, 1.82) is 0 Å². The Morgan fingerprint density at radius 2 is 2.18 bits per heavy atom. The molecule has 0 aromatic heterocycles. The minimum Gasteiger partial charge on any atom is -0.366 e. The summed E-state index contributed by atoms with van der Waals surface area (Å²) >= 11 is 3.75. The van der Waals surface area contributed by atoms with Gasteiger partial charge in [0.05, 0.1) is 11.7 Å². The predicted molar refractivity (Wildman–Crippen MR) is 46.8 cm³/mol. The molecule has 2 heteroatoms. The zero-order chi connectivity index (χ0) is 7.85. The molecule has 0 spiro atoms. The first-order valence-corrected chi connectivity index (χ1v) is 5.30. The van der Waals surface area contributed by atoms with Gasteiger partial charge in [0.25, 0.3) is 0 Å². The fourth-order valence-electron chi connectivity index (χ4n) is 2.95. The molecule has 1 aliphatic heterocycles. The largest absolute Gasteiger partial charge is 0.366 e. The van der Waals surface area contributed by atoms with E-state index >= 15 is 0 Å². The number of fused-ring (bicyclic) bond motifs is 2. The van der Waals surface area contributed by atoms with E-state index in [0.29, 0.717) is 11.5 Å². The van der Waals surface area contributed by atoms with Gasteiger partial charge < -0.3 is 4.74 Å². The van der Waals surface area contributed by atoms with Gasteiger partial charge in [-0.05, 0) is 31.1 Å². The van der Waals surface area contributed by atoms with Crippen LogP contribution in [0.4, 0.5) is 0 Å². The monoisotopic (exact) mass is 216 g/mol. The highest BCUT2D eigenvalue weighted by Gasteiger charge is 2.72. The summed E-state index contributed by atoms with van der Waals surface area (Å²) in [7, 11) is 0. The molecule has 2 saturated carbocycles. The van der Waals surface area contributed by atoms with Crippen LogP contribution < -0.4 is 0 Å². The van der Waals surface area contributed by atoms with Crippen molar-refractivity contribution in [3.8, 4) is 0 Å². The minimum atomic E-state index is 0.272. The minimum absolute atomic E-state index is 0.272. The average molecular weight is 217 g/mol. The standard InChI is InChI=1S/C9H13BrO/c1-8-4-9(2)6(11-9)3-5(8)7(8)10/h5-7H,3-4H2,1-2H3/t5-,6?,7?,8-,9?/m0/s1. The molecule has 0 amide bonds. The molecule has 3 aliphatic rings. The summed E-state index contributed by atoms with van der Waals surface area (Å²) < 4.78 is 5.66. The maximum atomic E-state index is 5.66. The molecule has 62 valence electrons. The van der Waals surface area contributed by atoms with Gasteiger partial charge in [0.1, 0.15) is 0 Å². The molecular formula is C9H13BrO. The van der Waals surface area contributed by atoms with Crippen LogP contribution in [-0.4, -0.2) is 16.5 Å². The quantitative estimate of drug-likeness (QED) is 0.448. The van der Waals surface area contributed by atoms with Crippen molar-refractivity contribution in [2.75, 3.05) is 0 Å². The van der Waals surface area contributed by atoms with Gasteiger partial charge in [-0.2, -0.15) is 0 Å². The highest BCUT2D eigenvalue weighted by atomic mass is 79.9. The first-order valence-electron chi connectivity index (χ1n) is 4.38. The third-order valence-corrected chi connectivity index (χ3v) is 5.64. The van der Waals surface area contributed by atoms with E-state index in [-0.39, 0.29) is 5.60 Å². The van der Waals surface area contributed by atoms with Crippen molar-refractivity contribution in [3.05, 3.63) is 0 Å². The Bertz CT molecular complexity index is 230. The van der Waals surface area contributed by atoms with Crippen LogP contribution in [0.1, 0.15) is 26.7 Å². The van der Waals surface area contributed by atoms with Gasteiger partial charge in [-0.15, -0.1) is 0 Å². The number of hydrogen-bond donors (Lipinski definition) is 0. The van der Waals surface area contributed by atoms with Crippen LogP contribution in [0.25, 0.3) is 0 Å². The van der Waals surface area contributed by atoms with Crippen LogP contribution in [0.5, 0.6) is 0 Å². The Kier molecular flexibility index (Phi) is 0.977. The number of epoxide rings is 1. The van der Waals surface area contributed by atoms with Gasteiger partial charge in [-0.25, -0.2) is 0 Å². The molecule has 0 aromatic rings. The third kappa shape index (κ3) is 0.665. The van der Waals surface area contributed by atoms with E-state index < -0.39 is 0 Å². The summed E-state index contributed by atoms with van der Waals surface area (Å²) in [6.07, 6.45) is 3.16. The van der Waals surface area contributed by atoms with E-state index in [1.807, 2.05) is 0 Å². The third-order valence-electron chi connectivity index (χ3n) is 3.96. The topological polar surface area (TPSA) is 12.5 Å². The Morgan fingerprint density at radius 3 is 2.82 bits per heavy atom. The summed E-state index contributed by atoms with van der Waals surface area (Å²) in [6, 6.07) is 0. The summed E-state index contributed by atoms with van der Waals surface area (Å²) in [4.78, 5) is 0.781. The lowest BCUT2D eigenvalue weighted by Gasteiger charge is -2.18. The fraction of sp³-hybridized carbons (Fsp3) is 1.00. The first kappa shape index (κ1) is 6.90. The summed E-state index contributed by atoms with van der Waals surface area (Å²) in [5.74, 6) is 0.906. The molecule has 3 unspecified atom stereocenters. The number of hydrogen-bond acceptors (Lipinski definition) is 1. The lowest BCUT2D eigenvalue weighted by Crippen LogP contribution is -2.22. The molecule has 3 fully saturated rings. The molecular weight excluding hydrogens is 204 g/mol. The van der Waals surface area contributed by atoms with Gasteiger partial charge in [-0.1, -0.05) is 22.9 Å². The first-order chi connectivity index (χ1) is 5.06. The van der Waals surface area contributed by atoms with E-state index in [4.69, 9.17) is 4.74 Å². The van der Waals surface area contributed by atoms with Gasteiger partial charge in [-0.3, -0.25) is 0 Å². The molecule has 5 atom stereocenters. The molecule has 1 saturated heterocycles. The van der Waals surface area contributed by atoms with Crippen LogP contribution in [-0.2, 0) is 4.74 Å². The molecule has 11 heavy (non-hydrogen) atoms. The number of rotatable bonds is 0. The Hall–Kier alpha value is 0.440. The molecule has 2 aliphatic carbocycles. The Labute approximate surface area is 75.6 Å². The smallest absolute Gasteiger partial charge is 0.0926 e. The number of alkyl halides is 1. The highest BCUT2D eigenvalue weighted by molar-refractivity contribution is 9.09. The lowest BCUT2D eigenvalue weighted by molar-refractivity contribution is 0.268. The van der Waals surface area contributed by atoms with Crippen molar-refractivity contribution in [2.24, 2.45) is 11.3 Å². The molecule has 0 bridgehead atoms. The van der Waals surface area contributed by atoms with Gasteiger partial charge >= 0.3 is 0 Å². The van der Waals surface area contributed by atoms with E-state index in [1.54, 1.807) is 0 Å². The maximum absolute atomic E-state index is 5.66. The molecule has 0 radical (unpaired) electrons.